The van der Waals surface area contributed by atoms with E-state index in [0.717, 1.165) is 32.2 Å². The van der Waals surface area contributed by atoms with Gasteiger partial charge in [0.15, 0.2) is 0 Å². The zero-order chi connectivity index (χ0) is 13.4. The Bertz CT molecular complexity index is 377. The van der Waals surface area contributed by atoms with Gasteiger partial charge in [0.1, 0.15) is 0 Å². The van der Waals surface area contributed by atoms with Gasteiger partial charge in [-0.15, -0.1) is 0 Å². The van der Waals surface area contributed by atoms with Crippen LogP contribution in [0.2, 0.25) is 0 Å². The van der Waals surface area contributed by atoms with Crippen molar-refractivity contribution < 1.29 is 14.7 Å². The van der Waals surface area contributed by atoms with Crippen LogP contribution in [0.25, 0.3) is 0 Å². The topological polar surface area (TPSA) is 69.6 Å². The summed E-state index contributed by atoms with van der Waals surface area (Å²) < 4.78 is 0. The minimum atomic E-state index is -0.775. The van der Waals surface area contributed by atoms with Crippen LogP contribution in [-0.2, 0) is 4.79 Å². The first-order chi connectivity index (χ1) is 9.15. The highest BCUT2D eigenvalue weighted by atomic mass is 16.4. The highest BCUT2D eigenvalue weighted by molar-refractivity contribution is 5.77. The molecule has 0 aromatic rings. The summed E-state index contributed by atoms with van der Waals surface area (Å²) >= 11 is 0. The molecule has 3 aliphatic rings. The maximum atomic E-state index is 12.3. The Morgan fingerprint density at radius 1 is 1.11 bits per heavy atom. The van der Waals surface area contributed by atoms with Crippen LogP contribution in [0, 0.1) is 11.8 Å². The van der Waals surface area contributed by atoms with Gasteiger partial charge in [-0.1, -0.05) is 6.42 Å². The highest BCUT2D eigenvalue weighted by Crippen LogP contribution is 2.35. The molecule has 0 radical (unpaired) electrons. The van der Waals surface area contributed by atoms with E-state index in [1.54, 1.807) is 0 Å². The van der Waals surface area contributed by atoms with Crippen LogP contribution < -0.4 is 5.32 Å². The summed E-state index contributed by atoms with van der Waals surface area (Å²) in [6, 6.07) is 0.197. The Kier molecular flexibility index (Phi) is 3.37. The van der Waals surface area contributed by atoms with Gasteiger partial charge in [0.25, 0.3) is 0 Å². The molecule has 5 heteroatoms. The summed E-state index contributed by atoms with van der Waals surface area (Å²) in [4.78, 5) is 25.4. The summed E-state index contributed by atoms with van der Waals surface area (Å²) in [5, 5.41) is 12.1. The maximum absolute atomic E-state index is 12.3. The molecular weight excluding hydrogens is 244 g/mol. The molecule has 3 fully saturated rings. The van der Waals surface area contributed by atoms with E-state index >= 15 is 0 Å². The molecule has 2 atom stereocenters. The van der Waals surface area contributed by atoms with Gasteiger partial charge in [0.05, 0.1) is 5.92 Å². The second-order valence-corrected chi connectivity index (χ2v) is 6.26. The van der Waals surface area contributed by atoms with Gasteiger partial charge in [-0.2, -0.15) is 0 Å². The average molecular weight is 266 g/mol. The van der Waals surface area contributed by atoms with E-state index < -0.39 is 11.9 Å². The number of hydrogen-bond acceptors (Lipinski definition) is 2. The van der Waals surface area contributed by atoms with Crippen LogP contribution >= 0.6 is 0 Å². The number of nitrogens with zero attached hydrogens (tertiary/aromatic N) is 1. The first-order valence-electron chi connectivity index (χ1n) is 7.45. The van der Waals surface area contributed by atoms with Crippen molar-refractivity contribution in [2.24, 2.45) is 11.8 Å². The number of urea groups is 1. The molecule has 0 aromatic carbocycles. The third-order valence-corrected chi connectivity index (χ3v) is 4.54. The molecule has 0 spiro atoms. The van der Waals surface area contributed by atoms with E-state index in [1.807, 2.05) is 4.90 Å². The van der Waals surface area contributed by atoms with Crippen LogP contribution in [0.3, 0.4) is 0 Å². The number of carboxylic acids is 1. The van der Waals surface area contributed by atoms with Crippen molar-refractivity contribution in [1.82, 2.24) is 10.2 Å². The van der Waals surface area contributed by atoms with E-state index in [2.05, 4.69) is 5.32 Å². The molecule has 0 aliphatic heterocycles. The maximum Gasteiger partial charge on any atom is 0.317 e. The highest BCUT2D eigenvalue weighted by Gasteiger charge is 2.39. The molecule has 0 aromatic heterocycles. The fourth-order valence-electron chi connectivity index (χ4n) is 3.03. The third-order valence-electron chi connectivity index (χ3n) is 4.54. The lowest BCUT2D eigenvalue weighted by atomic mass is 10.0. The van der Waals surface area contributed by atoms with E-state index in [1.165, 1.54) is 12.8 Å². The quantitative estimate of drug-likeness (QED) is 0.797. The smallest absolute Gasteiger partial charge is 0.317 e. The Balaban J connectivity index is 1.57. The normalized spacial score (nSPS) is 30.1. The van der Waals surface area contributed by atoms with Crippen LogP contribution in [0.4, 0.5) is 4.79 Å². The number of carboxylic acid groups (broad SMARTS) is 1. The third kappa shape index (κ3) is 3.01. The lowest BCUT2D eigenvalue weighted by molar-refractivity contribution is -0.142. The van der Waals surface area contributed by atoms with Gasteiger partial charge in [-0.05, 0) is 44.4 Å². The van der Waals surface area contributed by atoms with Gasteiger partial charge in [0, 0.05) is 18.6 Å². The fraction of sp³-hybridized carbons (Fsp3) is 0.857. The molecule has 0 heterocycles. The van der Waals surface area contributed by atoms with E-state index in [4.69, 9.17) is 5.11 Å². The molecule has 2 unspecified atom stereocenters. The molecule has 3 rings (SSSR count). The fourth-order valence-corrected chi connectivity index (χ4v) is 3.03. The van der Waals surface area contributed by atoms with Crippen molar-refractivity contribution in [3.8, 4) is 0 Å². The molecule has 0 bridgehead atoms. The summed E-state index contributed by atoms with van der Waals surface area (Å²) in [6.07, 6.45) is 7.06. The molecule has 3 saturated carbocycles. The van der Waals surface area contributed by atoms with E-state index in [9.17, 15) is 9.59 Å². The molecule has 106 valence electrons. The minimum absolute atomic E-state index is 0.0347. The summed E-state index contributed by atoms with van der Waals surface area (Å²) in [6.45, 7) is 0.862. The molecule has 3 aliphatic carbocycles. The van der Waals surface area contributed by atoms with Gasteiger partial charge in [0.2, 0.25) is 0 Å². The average Bonchev–Trinajstić information content (AvgIpc) is 3.26. The lowest BCUT2D eigenvalue weighted by Gasteiger charge is -2.26. The van der Waals surface area contributed by atoms with Gasteiger partial charge in [-0.25, -0.2) is 4.79 Å². The summed E-state index contributed by atoms with van der Waals surface area (Å²) in [7, 11) is 0. The second kappa shape index (κ2) is 5.02. The van der Waals surface area contributed by atoms with E-state index in [0.29, 0.717) is 18.4 Å². The van der Waals surface area contributed by atoms with Crippen LogP contribution in [0.1, 0.15) is 44.9 Å². The zero-order valence-electron chi connectivity index (χ0n) is 11.2. The predicted octanol–water partition coefficient (Wildman–Crippen LogP) is 1.82. The first kappa shape index (κ1) is 12.8. The van der Waals surface area contributed by atoms with Crippen molar-refractivity contribution in [3.05, 3.63) is 0 Å². The Morgan fingerprint density at radius 3 is 2.42 bits per heavy atom. The number of nitrogens with one attached hydrogen (secondary N) is 1. The van der Waals surface area contributed by atoms with Gasteiger partial charge >= 0.3 is 12.0 Å². The Labute approximate surface area is 113 Å². The number of aliphatic carboxylic acids is 1. The number of carbonyl (C=O) groups is 2. The van der Waals surface area contributed by atoms with E-state index in [-0.39, 0.29) is 12.1 Å². The van der Waals surface area contributed by atoms with Crippen molar-refractivity contribution in [2.45, 2.75) is 57.0 Å². The molecule has 5 nitrogen and oxygen atoms in total. The first-order valence-corrected chi connectivity index (χ1v) is 7.45. The second-order valence-electron chi connectivity index (χ2n) is 6.26. The lowest BCUT2D eigenvalue weighted by Crippen LogP contribution is -2.48. The van der Waals surface area contributed by atoms with Crippen molar-refractivity contribution in [1.29, 1.82) is 0 Å². The van der Waals surface area contributed by atoms with Gasteiger partial charge < -0.3 is 15.3 Å². The van der Waals surface area contributed by atoms with Gasteiger partial charge in [-0.3, -0.25) is 4.79 Å². The number of rotatable bonds is 5. The monoisotopic (exact) mass is 266 g/mol. The number of hydrogen-bond donors (Lipinski definition) is 2. The van der Waals surface area contributed by atoms with Crippen molar-refractivity contribution >= 4 is 12.0 Å². The van der Waals surface area contributed by atoms with Crippen LogP contribution in [-0.4, -0.2) is 40.6 Å². The Hall–Kier alpha value is -1.26. The molecular formula is C14H22N2O3. The molecule has 2 N–H and O–H groups in total. The standard InChI is InChI=1S/C14H22N2O3/c17-13(18)11-2-1-3-12(11)15-14(19)16(10-6-7-10)8-9-4-5-9/h9-12H,1-8H2,(H,15,19)(H,17,18). The minimum Gasteiger partial charge on any atom is -0.481 e. The molecule has 19 heavy (non-hydrogen) atoms. The largest absolute Gasteiger partial charge is 0.481 e. The molecule has 0 saturated heterocycles. The number of amides is 2. The zero-order valence-corrected chi connectivity index (χ0v) is 11.2. The van der Waals surface area contributed by atoms with Crippen molar-refractivity contribution in [3.63, 3.8) is 0 Å². The van der Waals surface area contributed by atoms with Crippen molar-refractivity contribution in [2.75, 3.05) is 6.54 Å². The summed E-state index contributed by atoms with van der Waals surface area (Å²) in [5.74, 6) is -0.487. The Morgan fingerprint density at radius 2 is 1.84 bits per heavy atom. The van der Waals surface area contributed by atoms with Crippen LogP contribution in [0.5, 0.6) is 0 Å². The van der Waals surface area contributed by atoms with Crippen LogP contribution in [0.15, 0.2) is 0 Å². The SMILES string of the molecule is O=C(O)C1CCCC1NC(=O)N(CC1CC1)C1CC1. The summed E-state index contributed by atoms with van der Waals surface area (Å²) in [5.41, 5.74) is 0. The predicted molar refractivity (Wildman–Crippen MR) is 69.7 cm³/mol. The molecule has 2 amide bonds. The number of carbonyl (C=O) groups excluding carboxylic acids is 1.